The van der Waals surface area contributed by atoms with Crippen LogP contribution in [-0.4, -0.2) is 42.6 Å². The normalized spacial score (nSPS) is 19.1. The standard InChI is InChI=1S/C19H22N2O3/c1-23-16-4-2-3-14-6-12-24-19(17(14)16)7-10-21(11-8-19)18(22)15-5-9-20-13-15/h2-5,9,13,20H,6-8,10-12H2,1H3. The molecule has 1 spiro atoms. The predicted octanol–water partition coefficient (Wildman–Crippen LogP) is 2.73. The van der Waals surface area contributed by atoms with Crippen LogP contribution in [0.5, 0.6) is 5.75 Å². The molecule has 1 fully saturated rings. The minimum Gasteiger partial charge on any atom is -0.496 e. The van der Waals surface area contributed by atoms with Crippen molar-refractivity contribution >= 4 is 5.91 Å². The van der Waals surface area contributed by atoms with Crippen molar-refractivity contribution in [2.45, 2.75) is 24.9 Å². The Balaban J connectivity index is 1.59. The van der Waals surface area contributed by atoms with Gasteiger partial charge in [-0.25, -0.2) is 0 Å². The average molecular weight is 326 g/mol. The number of hydrogen-bond acceptors (Lipinski definition) is 3. The van der Waals surface area contributed by atoms with Gasteiger partial charge in [0.05, 0.1) is 19.3 Å². The molecule has 1 aromatic carbocycles. The van der Waals surface area contributed by atoms with Crippen LogP contribution in [-0.2, 0) is 16.8 Å². The zero-order valence-corrected chi connectivity index (χ0v) is 13.9. The number of amides is 1. The third-order valence-corrected chi connectivity index (χ3v) is 5.24. The summed E-state index contributed by atoms with van der Waals surface area (Å²) in [6.45, 7) is 2.12. The molecule has 0 saturated carbocycles. The average Bonchev–Trinajstić information content (AvgIpc) is 3.16. The zero-order valence-electron chi connectivity index (χ0n) is 13.9. The second-order valence-corrected chi connectivity index (χ2v) is 6.48. The van der Waals surface area contributed by atoms with E-state index in [9.17, 15) is 4.79 Å². The predicted molar refractivity (Wildman–Crippen MR) is 90.3 cm³/mol. The van der Waals surface area contributed by atoms with Gasteiger partial charge in [0.15, 0.2) is 0 Å². The number of aromatic nitrogens is 1. The summed E-state index contributed by atoms with van der Waals surface area (Å²) in [5.74, 6) is 0.986. The van der Waals surface area contributed by atoms with E-state index in [1.807, 2.05) is 23.1 Å². The van der Waals surface area contributed by atoms with Gasteiger partial charge < -0.3 is 19.4 Å². The van der Waals surface area contributed by atoms with Crippen LogP contribution < -0.4 is 4.74 Å². The highest BCUT2D eigenvalue weighted by molar-refractivity contribution is 5.94. The Hall–Kier alpha value is -2.27. The van der Waals surface area contributed by atoms with Crippen LogP contribution in [0.2, 0.25) is 0 Å². The van der Waals surface area contributed by atoms with E-state index in [1.165, 1.54) is 11.1 Å². The second-order valence-electron chi connectivity index (χ2n) is 6.48. The lowest BCUT2D eigenvalue weighted by molar-refractivity contribution is -0.0946. The van der Waals surface area contributed by atoms with Gasteiger partial charge in [0.1, 0.15) is 11.4 Å². The Morgan fingerprint density at radius 1 is 1.29 bits per heavy atom. The summed E-state index contributed by atoms with van der Waals surface area (Å²) >= 11 is 0. The van der Waals surface area contributed by atoms with Crippen molar-refractivity contribution in [2.75, 3.05) is 26.8 Å². The highest BCUT2D eigenvalue weighted by atomic mass is 16.5. The number of rotatable bonds is 2. The summed E-state index contributed by atoms with van der Waals surface area (Å²) in [7, 11) is 1.71. The third kappa shape index (κ3) is 2.40. The first kappa shape index (κ1) is 15.3. The van der Waals surface area contributed by atoms with Crippen molar-refractivity contribution in [3.8, 4) is 5.75 Å². The van der Waals surface area contributed by atoms with Gasteiger partial charge in [-0.15, -0.1) is 0 Å². The Labute approximate surface area is 141 Å². The van der Waals surface area contributed by atoms with E-state index >= 15 is 0 Å². The number of nitrogens with one attached hydrogen (secondary N) is 1. The number of aromatic amines is 1. The van der Waals surface area contributed by atoms with Crippen LogP contribution in [0, 0.1) is 0 Å². The minimum atomic E-state index is -0.324. The van der Waals surface area contributed by atoms with Gasteiger partial charge in [-0.05, 0) is 37.0 Å². The molecule has 3 heterocycles. The van der Waals surface area contributed by atoms with Crippen LogP contribution in [0.25, 0.3) is 0 Å². The number of hydrogen-bond donors (Lipinski definition) is 1. The van der Waals surface area contributed by atoms with Crippen LogP contribution in [0.3, 0.4) is 0 Å². The van der Waals surface area contributed by atoms with Gasteiger partial charge in [-0.3, -0.25) is 4.79 Å². The molecule has 24 heavy (non-hydrogen) atoms. The Morgan fingerprint density at radius 2 is 2.12 bits per heavy atom. The first-order valence-corrected chi connectivity index (χ1v) is 8.46. The van der Waals surface area contributed by atoms with Crippen LogP contribution in [0.1, 0.15) is 34.3 Å². The molecule has 4 rings (SSSR count). The quantitative estimate of drug-likeness (QED) is 0.923. The van der Waals surface area contributed by atoms with Crippen molar-refractivity contribution in [2.24, 2.45) is 0 Å². The molecule has 0 atom stereocenters. The molecule has 126 valence electrons. The number of nitrogens with zero attached hydrogens (tertiary/aromatic N) is 1. The van der Waals surface area contributed by atoms with E-state index in [2.05, 4.69) is 11.1 Å². The van der Waals surface area contributed by atoms with Crippen molar-refractivity contribution in [1.29, 1.82) is 0 Å². The summed E-state index contributed by atoms with van der Waals surface area (Å²) in [6.07, 6.45) is 6.06. The van der Waals surface area contributed by atoms with E-state index in [1.54, 1.807) is 19.5 Å². The Kier molecular flexibility index (Phi) is 3.81. The molecule has 0 unspecified atom stereocenters. The summed E-state index contributed by atoms with van der Waals surface area (Å²) in [5.41, 5.74) is 2.89. The lowest BCUT2D eigenvalue weighted by atomic mass is 9.78. The van der Waals surface area contributed by atoms with Crippen LogP contribution >= 0.6 is 0 Å². The Bertz CT molecular complexity index is 717. The van der Waals surface area contributed by atoms with Crippen LogP contribution in [0.15, 0.2) is 36.7 Å². The molecule has 0 radical (unpaired) electrons. The van der Waals surface area contributed by atoms with Crippen molar-refractivity contribution in [3.63, 3.8) is 0 Å². The minimum absolute atomic E-state index is 0.0853. The SMILES string of the molecule is COc1cccc2c1C1(CCN(C(=O)c3cc[nH]c3)CC1)OCC2. The summed E-state index contributed by atoms with van der Waals surface area (Å²) in [5, 5.41) is 0. The molecule has 2 aromatic rings. The third-order valence-electron chi connectivity index (χ3n) is 5.24. The van der Waals surface area contributed by atoms with E-state index in [-0.39, 0.29) is 11.5 Å². The van der Waals surface area contributed by atoms with Gasteiger partial charge >= 0.3 is 0 Å². The molecule has 1 amide bonds. The molecule has 1 saturated heterocycles. The maximum Gasteiger partial charge on any atom is 0.255 e. The number of piperidine rings is 1. The highest BCUT2D eigenvalue weighted by Gasteiger charge is 2.43. The van der Waals surface area contributed by atoms with Gasteiger partial charge in [0.25, 0.3) is 5.91 Å². The molecule has 2 aliphatic rings. The molecule has 1 N–H and O–H groups in total. The molecular formula is C19H22N2O3. The molecule has 5 nitrogen and oxygen atoms in total. The highest BCUT2D eigenvalue weighted by Crippen LogP contribution is 2.45. The fourth-order valence-electron chi connectivity index (χ4n) is 4.01. The van der Waals surface area contributed by atoms with Crippen molar-refractivity contribution in [3.05, 3.63) is 53.3 Å². The molecule has 0 aliphatic carbocycles. The molecule has 0 bridgehead atoms. The first-order valence-electron chi connectivity index (χ1n) is 8.46. The Morgan fingerprint density at radius 3 is 2.83 bits per heavy atom. The maximum atomic E-state index is 12.5. The monoisotopic (exact) mass is 326 g/mol. The largest absolute Gasteiger partial charge is 0.496 e. The van der Waals surface area contributed by atoms with Gasteiger partial charge in [-0.1, -0.05) is 12.1 Å². The fraction of sp³-hybridized carbons (Fsp3) is 0.421. The second kappa shape index (κ2) is 5.98. The number of fused-ring (bicyclic) bond motifs is 2. The number of carbonyl (C=O) groups is 1. The lowest BCUT2D eigenvalue weighted by Gasteiger charge is -2.45. The van der Waals surface area contributed by atoms with E-state index in [4.69, 9.17) is 9.47 Å². The fourth-order valence-corrected chi connectivity index (χ4v) is 4.01. The number of benzene rings is 1. The van der Waals surface area contributed by atoms with E-state index in [0.717, 1.165) is 31.6 Å². The molecular weight excluding hydrogens is 304 g/mol. The maximum absolute atomic E-state index is 12.5. The number of carbonyl (C=O) groups excluding carboxylic acids is 1. The van der Waals surface area contributed by atoms with Gasteiger partial charge in [-0.2, -0.15) is 0 Å². The van der Waals surface area contributed by atoms with E-state index < -0.39 is 0 Å². The molecule has 1 aromatic heterocycles. The number of methoxy groups -OCH3 is 1. The number of ether oxygens (including phenoxy) is 2. The van der Waals surface area contributed by atoms with E-state index in [0.29, 0.717) is 18.7 Å². The topological polar surface area (TPSA) is 54.6 Å². The first-order chi connectivity index (χ1) is 11.7. The zero-order chi connectivity index (χ0) is 16.6. The number of H-pyrrole nitrogens is 1. The number of likely N-dealkylation sites (tertiary alicyclic amines) is 1. The summed E-state index contributed by atoms with van der Waals surface area (Å²) in [6, 6.07) is 8.04. The molecule has 2 aliphatic heterocycles. The summed E-state index contributed by atoms with van der Waals surface area (Å²) < 4.78 is 11.9. The molecule has 5 heteroatoms. The summed E-state index contributed by atoms with van der Waals surface area (Å²) in [4.78, 5) is 17.4. The van der Waals surface area contributed by atoms with Gasteiger partial charge in [0, 0.05) is 31.0 Å². The van der Waals surface area contributed by atoms with Crippen LogP contribution in [0.4, 0.5) is 0 Å². The van der Waals surface area contributed by atoms with Gasteiger partial charge in [0.2, 0.25) is 0 Å². The lowest BCUT2D eigenvalue weighted by Crippen LogP contribution is -2.48. The smallest absolute Gasteiger partial charge is 0.255 e. The van der Waals surface area contributed by atoms with Crippen molar-refractivity contribution in [1.82, 2.24) is 9.88 Å². The van der Waals surface area contributed by atoms with Crippen molar-refractivity contribution < 1.29 is 14.3 Å².